The van der Waals surface area contributed by atoms with E-state index in [4.69, 9.17) is 62.8 Å². The second-order valence-electron chi connectivity index (χ2n) is 11.2. The minimum Gasteiger partial charge on any atom is -0.394 e. The van der Waals surface area contributed by atoms with Gasteiger partial charge >= 0.3 is 0 Å². The fourth-order valence-electron chi connectivity index (χ4n) is 5.74. The third-order valence-corrected chi connectivity index (χ3v) is 8.37. The van der Waals surface area contributed by atoms with Gasteiger partial charge in [0.1, 0.15) is 67.1 Å². The molecule has 246 valence electrons. The van der Waals surface area contributed by atoms with E-state index in [2.05, 4.69) is 0 Å². The maximum Gasteiger partial charge on any atom is 0.187 e. The predicted molar refractivity (Wildman–Crippen MR) is 138 cm³/mol. The first-order valence-corrected chi connectivity index (χ1v) is 13.9. The zero-order chi connectivity index (χ0) is 31.0. The Balaban J connectivity index is 1.50. The SMILES string of the molecule is NC[C@@H]1O[C@H](O[C@H]2[C@@H](O[C@H]3O[C@@H](CO)[C@@H](O[C@H]4O[C@@H](CN)[C@@H](O)[C@@H](O)[C@H]4N)[C@H]3O)[C@H](O)[C@@H](N)C[C@H]2N)[C@H](N)[C@H](O)[C@@H]1O. The molecule has 0 aromatic rings. The molecule has 0 bridgehead atoms. The van der Waals surface area contributed by atoms with Crippen LogP contribution < -0.4 is 34.4 Å². The van der Waals surface area contributed by atoms with E-state index in [9.17, 15) is 35.7 Å². The highest BCUT2D eigenvalue weighted by Crippen LogP contribution is 2.34. The van der Waals surface area contributed by atoms with E-state index in [0.29, 0.717) is 0 Å². The second kappa shape index (κ2) is 14.1. The smallest absolute Gasteiger partial charge is 0.187 e. The molecule has 19 N–H and O–H groups in total. The van der Waals surface area contributed by atoms with Gasteiger partial charge in [-0.15, -0.1) is 0 Å². The molecule has 42 heavy (non-hydrogen) atoms. The number of nitrogens with two attached hydrogens (primary N) is 6. The van der Waals surface area contributed by atoms with Crippen molar-refractivity contribution < 1.29 is 64.2 Å². The minimum absolute atomic E-state index is 0.0889. The minimum atomic E-state index is -1.60. The van der Waals surface area contributed by atoms with Crippen LogP contribution in [0.15, 0.2) is 0 Å². The average molecular weight is 615 g/mol. The molecule has 0 aromatic heterocycles. The number of hydrogen-bond acceptors (Lipinski definition) is 19. The summed E-state index contributed by atoms with van der Waals surface area (Å²) in [5, 5.41) is 73.0. The molecular weight excluding hydrogens is 568 g/mol. The summed E-state index contributed by atoms with van der Waals surface area (Å²) >= 11 is 0. The largest absolute Gasteiger partial charge is 0.394 e. The van der Waals surface area contributed by atoms with Crippen LogP contribution in [0.4, 0.5) is 0 Å². The summed E-state index contributed by atoms with van der Waals surface area (Å²) in [6, 6.07) is -4.18. The molecule has 4 rings (SSSR count). The maximum absolute atomic E-state index is 11.1. The van der Waals surface area contributed by atoms with Gasteiger partial charge in [-0.1, -0.05) is 0 Å². The van der Waals surface area contributed by atoms with Crippen molar-refractivity contribution in [1.82, 2.24) is 0 Å². The second-order valence-corrected chi connectivity index (χ2v) is 11.2. The van der Waals surface area contributed by atoms with Gasteiger partial charge in [-0.25, -0.2) is 0 Å². The lowest BCUT2D eigenvalue weighted by atomic mass is 9.84. The van der Waals surface area contributed by atoms with E-state index in [1.807, 2.05) is 0 Å². The van der Waals surface area contributed by atoms with Crippen LogP contribution in [0, 0.1) is 0 Å². The van der Waals surface area contributed by atoms with Gasteiger partial charge in [0, 0.05) is 25.2 Å². The molecule has 0 amide bonds. The molecule has 4 aliphatic rings. The van der Waals surface area contributed by atoms with Crippen molar-refractivity contribution >= 4 is 0 Å². The maximum atomic E-state index is 11.1. The van der Waals surface area contributed by atoms with E-state index < -0.39 is 123 Å². The normalized spacial score (nSPS) is 53.8. The van der Waals surface area contributed by atoms with Crippen LogP contribution in [0.2, 0.25) is 0 Å². The van der Waals surface area contributed by atoms with Crippen LogP contribution in [0.3, 0.4) is 0 Å². The molecule has 19 atom stereocenters. The highest BCUT2D eigenvalue weighted by Gasteiger charge is 2.54. The van der Waals surface area contributed by atoms with Crippen molar-refractivity contribution in [2.24, 2.45) is 34.4 Å². The first-order chi connectivity index (χ1) is 19.8. The third-order valence-electron chi connectivity index (χ3n) is 8.37. The zero-order valence-corrected chi connectivity index (χ0v) is 22.8. The van der Waals surface area contributed by atoms with E-state index >= 15 is 0 Å². The van der Waals surface area contributed by atoms with E-state index in [0.717, 1.165) is 0 Å². The van der Waals surface area contributed by atoms with Gasteiger partial charge in [-0.05, 0) is 6.42 Å². The van der Waals surface area contributed by atoms with E-state index in [-0.39, 0.29) is 19.5 Å². The fraction of sp³-hybridized carbons (Fsp3) is 1.00. The molecule has 0 aromatic carbocycles. The summed E-state index contributed by atoms with van der Waals surface area (Å²) < 4.78 is 34.6. The molecule has 19 heteroatoms. The fourth-order valence-corrected chi connectivity index (χ4v) is 5.74. The van der Waals surface area contributed by atoms with Crippen molar-refractivity contribution in [3.8, 4) is 0 Å². The Bertz CT molecular complexity index is 868. The average Bonchev–Trinajstić information content (AvgIpc) is 3.27. The Morgan fingerprint density at radius 3 is 1.45 bits per heavy atom. The Hall–Kier alpha value is -0.760. The number of aliphatic hydroxyl groups is 7. The summed E-state index contributed by atoms with van der Waals surface area (Å²) in [4.78, 5) is 0. The summed E-state index contributed by atoms with van der Waals surface area (Å²) in [7, 11) is 0. The Kier molecular flexibility index (Phi) is 11.5. The molecule has 1 saturated carbocycles. The molecular formula is C23H46N6O13. The summed E-state index contributed by atoms with van der Waals surface area (Å²) in [5.74, 6) is 0. The lowest BCUT2D eigenvalue weighted by Crippen LogP contribution is -2.68. The van der Waals surface area contributed by atoms with Gasteiger partial charge in [-0.3, -0.25) is 0 Å². The van der Waals surface area contributed by atoms with Crippen molar-refractivity contribution in [1.29, 1.82) is 0 Å². The zero-order valence-electron chi connectivity index (χ0n) is 22.8. The van der Waals surface area contributed by atoms with Crippen LogP contribution in [-0.4, -0.2) is 172 Å². The first-order valence-electron chi connectivity index (χ1n) is 13.9. The van der Waals surface area contributed by atoms with Crippen LogP contribution in [0.1, 0.15) is 6.42 Å². The summed E-state index contributed by atoms with van der Waals surface area (Å²) in [6.07, 6.45) is -19.8. The van der Waals surface area contributed by atoms with Gasteiger partial charge in [0.05, 0.1) is 24.8 Å². The third kappa shape index (κ3) is 6.60. The number of aliphatic hydroxyl groups excluding tert-OH is 7. The Labute approximate surface area is 241 Å². The number of ether oxygens (including phenoxy) is 6. The lowest BCUT2D eigenvalue weighted by Gasteiger charge is -2.47. The van der Waals surface area contributed by atoms with Crippen LogP contribution in [0.25, 0.3) is 0 Å². The predicted octanol–water partition coefficient (Wildman–Crippen LogP) is -8.90. The lowest BCUT2D eigenvalue weighted by molar-refractivity contribution is -0.306. The number of hydrogen-bond donors (Lipinski definition) is 13. The van der Waals surface area contributed by atoms with Gasteiger partial charge in [0.2, 0.25) is 0 Å². The van der Waals surface area contributed by atoms with Crippen LogP contribution in [-0.2, 0) is 28.4 Å². The molecule has 0 spiro atoms. The molecule has 4 fully saturated rings. The standard InChI is InChI=1S/C23H46N6O13/c24-2-7-13(32)15(34)10(28)21(37-7)40-18-6(27)1-5(26)12(31)20(18)42-23-17(36)19(9(4-30)39-23)41-22-11(29)16(35)14(33)8(3-25)38-22/h5-23,30-36H,1-4,24-29H2/t5-,6+,7-,8-,9-,10+,11+,12+,13+,14+,15-,16-,17+,18+,19+,20-,21+,22+,23+/m0/s1. The first kappa shape index (κ1) is 34.1. The molecule has 0 unspecified atom stereocenters. The van der Waals surface area contributed by atoms with Crippen LogP contribution in [0.5, 0.6) is 0 Å². The van der Waals surface area contributed by atoms with Crippen LogP contribution >= 0.6 is 0 Å². The van der Waals surface area contributed by atoms with Crippen molar-refractivity contribution in [3.63, 3.8) is 0 Å². The van der Waals surface area contributed by atoms with Crippen molar-refractivity contribution in [3.05, 3.63) is 0 Å². The monoisotopic (exact) mass is 614 g/mol. The van der Waals surface area contributed by atoms with Crippen molar-refractivity contribution in [2.75, 3.05) is 19.7 Å². The summed E-state index contributed by atoms with van der Waals surface area (Å²) in [5.41, 5.74) is 35.6. The number of rotatable bonds is 9. The van der Waals surface area contributed by atoms with Crippen molar-refractivity contribution in [2.45, 2.75) is 123 Å². The van der Waals surface area contributed by atoms with Gasteiger partial charge in [0.15, 0.2) is 18.9 Å². The quantitative estimate of drug-likeness (QED) is 0.115. The molecule has 0 radical (unpaired) electrons. The highest BCUT2D eigenvalue weighted by atomic mass is 16.8. The van der Waals surface area contributed by atoms with Gasteiger partial charge < -0.3 is 98.6 Å². The van der Waals surface area contributed by atoms with Gasteiger partial charge in [-0.2, -0.15) is 0 Å². The molecule has 19 nitrogen and oxygen atoms in total. The van der Waals surface area contributed by atoms with E-state index in [1.54, 1.807) is 0 Å². The highest BCUT2D eigenvalue weighted by molar-refractivity contribution is 5.02. The molecule has 3 heterocycles. The topological polar surface area (TPSA) is 353 Å². The van der Waals surface area contributed by atoms with E-state index in [1.165, 1.54) is 0 Å². The molecule has 3 aliphatic heterocycles. The summed E-state index contributed by atoms with van der Waals surface area (Å²) in [6.45, 7) is -0.967. The Morgan fingerprint density at radius 1 is 0.524 bits per heavy atom. The Morgan fingerprint density at radius 2 is 0.976 bits per heavy atom. The molecule has 3 saturated heterocycles. The van der Waals surface area contributed by atoms with Gasteiger partial charge in [0.25, 0.3) is 0 Å². The molecule has 1 aliphatic carbocycles.